The van der Waals surface area contributed by atoms with Gasteiger partial charge in [0.15, 0.2) is 0 Å². The van der Waals surface area contributed by atoms with Crippen LogP contribution in [0.25, 0.3) is 0 Å². The molecule has 0 spiro atoms. The zero-order valence-electron chi connectivity index (χ0n) is 10.1. The molecular formula is C9H20N2O2S3. The van der Waals surface area contributed by atoms with Gasteiger partial charge in [0.05, 0.1) is 4.99 Å². The second-order valence-corrected chi connectivity index (χ2v) is 7.51. The van der Waals surface area contributed by atoms with Crippen molar-refractivity contribution in [3.63, 3.8) is 0 Å². The quantitative estimate of drug-likeness (QED) is 0.708. The van der Waals surface area contributed by atoms with Gasteiger partial charge in [0, 0.05) is 13.1 Å². The van der Waals surface area contributed by atoms with E-state index in [0.29, 0.717) is 0 Å². The van der Waals surface area contributed by atoms with E-state index in [4.69, 9.17) is 18.0 Å². The van der Waals surface area contributed by atoms with Crippen LogP contribution >= 0.6 is 24.0 Å². The van der Waals surface area contributed by atoms with Crippen LogP contribution in [0, 0.1) is 0 Å². The third-order valence-corrected chi connectivity index (χ3v) is 6.07. The number of sulfonamides is 1. The number of nitrogens with zero attached hydrogens (tertiary/aromatic N) is 1. The van der Waals surface area contributed by atoms with Gasteiger partial charge < -0.3 is 5.73 Å². The number of thiocarbonyl (C=S) groups is 1. The molecule has 0 aliphatic heterocycles. The summed E-state index contributed by atoms with van der Waals surface area (Å²) in [6, 6.07) is -0.0331. The van der Waals surface area contributed by atoms with Crippen molar-refractivity contribution in [2.75, 3.05) is 19.1 Å². The zero-order chi connectivity index (χ0) is 12.9. The Bertz CT molecular complexity index is 330. The van der Waals surface area contributed by atoms with Gasteiger partial charge in [-0.3, -0.25) is 0 Å². The lowest BCUT2D eigenvalue weighted by Crippen LogP contribution is -2.44. The van der Waals surface area contributed by atoms with Crippen molar-refractivity contribution in [1.82, 2.24) is 4.31 Å². The van der Waals surface area contributed by atoms with Crippen LogP contribution in [0.3, 0.4) is 0 Å². The maximum atomic E-state index is 12.0. The Morgan fingerprint density at radius 3 is 2.38 bits per heavy atom. The van der Waals surface area contributed by atoms with Crippen LogP contribution in [0.5, 0.6) is 0 Å². The van der Waals surface area contributed by atoms with Gasteiger partial charge in [-0.1, -0.05) is 12.2 Å². The predicted molar refractivity (Wildman–Crippen MR) is 75.4 cm³/mol. The first-order valence-corrected chi connectivity index (χ1v) is 8.30. The Labute approximate surface area is 108 Å². The summed E-state index contributed by atoms with van der Waals surface area (Å²) in [5, 5.41) is -0.802. The lowest BCUT2D eigenvalue weighted by molar-refractivity contribution is 0.381. The fourth-order valence-electron chi connectivity index (χ4n) is 1.12. The van der Waals surface area contributed by atoms with Crippen LogP contribution in [-0.4, -0.2) is 48.1 Å². The van der Waals surface area contributed by atoms with Crippen LogP contribution in [0.2, 0.25) is 0 Å². The lowest BCUT2D eigenvalue weighted by atomic mass is 10.3. The maximum absolute atomic E-state index is 12.0. The third kappa shape index (κ3) is 4.20. The molecule has 2 atom stereocenters. The minimum Gasteiger partial charge on any atom is -0.392 e. The van der Waals surface area contributed by atoms with Gasteiger partial charge in [-0.05, 0) is 32.3 Å². The summed E-state index contributed by atoms with van der Waals surface area (Å²) in [5.41, 5.74) is 5.38. The SMILES string of the molecule is CSCCC(C)N(C)S(=O)(=O)C(C)C(N)=S. The van der Waals surface area contributed by atoms with E-state index in [-0.39, 0.29) is 11.0 Å². The number of hydrogen-bond donors (Lipinski definition) is 1. The molecule has 0 aromatic rings. The monoisotopic (exact) mass is 284 g/mol. The van der Waals surface area contributed by atoms with Crippen molar-refractivity contribution in [2.24, 2.45) is 5.73 Å². The highest BCUT2D eigenvalue weighted by Gasteiger charge is 2.30. The van der Waals surface area contributed by atoms with E-state index >= 15 is 0 Å². The van der Waals surface area contributed by atoms with E-state index in [0.717, 1.165) is 12.2 Å². The average Bonchev–Trinajstić information content (AvgIpc) is 2.23. The Kier molecular flexibility index (Phi) is 6.84. The standard InChI is InChI=1S/C9H20N2O2S3/c1-7(5-6-15-4)11(3)16(12,13)8(2)9(10)14/h7-8H,5-6H2,1-4H3,(H2,10,14). The van der Waals surface area contributed by atoms with Crippen molar-refractivity contribution in [2.45, 2.75) is 31.6 Å². The Morgan fingerprint density at radius 2 is 2.00 bits per heavy atom. The first kappa shape index (κ1) is 16.1. The van der Waals surface area contributed by atoms with Gasteiger partial charge in [0.1, 0.15) is 5.25 Å². The molecule has 16 heavy (non-hydrogen) atoms. The molecule has 0 heterocycles. The molecule has 0 radical (unpaired) electrons. The van der Waals surface area contributed by atoms with E-state index in [9.17, 15) is 8.42 Å². The molecule has 0 bridgehead atoms. The summed E-state index contributed by atoms with van der Waals surface area (Å²) in [7, 11) is -1.83. The average molecular weight is 284 g/mol. The lowest BCUT2D eigenvalue weighted by Gasteiger charge is -2.26. The van der Waals surface area contributed by atoms with Crippen LogP contribution in [0.4, 0.5) is 0 Å². The van der Waals surface area contributed by atoms with Crippen molar-refractivity contribution < 1.29 is 8.42 Å². The van der Waals surface area contributed by atoms with Crippen LogP contribution in [0.1, 0.15) is 20.3 Å². The largest absolute Gasteiger partial charge is 0.392 e. The van der Waals surface area contributed by atoms with Gasteiger partial charge in [-0.25, -0.2) is 12.7 Å². The number of rotatable bonds is 7. The maximum Gasteiger partial charge on any atom is 0.223 e. The molecule has 0 rings (SSSR count). The summed E-state index contributed by atoms with van der Waals surface area (Å²) >= 11 is 6.43. The van der Waals surface area contributed by atoms with E-state index < -0.39 is 15.3 Å². The molecule has 0 aliphatic rings. The normalized spacial score (nSPS) is 16.1. The van der Waals surface area contributed by atoms with Gasteiger partial charge in [-0.15, -0.1) is 0 Å². The van der Waals surface area contributed by atoms with Gasteiger partial charge in [-0.2, -0.15) is 11.8 Å². The van der Waals surface area contributed by atoms with E-state index in [2.05, 4.69) is 0 Å². The fourth-order valence-corrected chi connectivity index (χ4v) is 3.46. The van der Waals surface area contributed by atoms with Crippen LogP contribution in [-0.2, 0) is 10.0 Å². The van der Waals surface area contributed by atoms with Gasteiger partial charge in [0.2, 0.25) is 10.0 Å². The number of nitrogens with two attached hydrogens (primary N) is 1. The van der Waals surface area contributed by atoms with Gasteiger partial charge >= 0.3 is 0 Å². The van der Waals surface area contributed by atoms with Crippen LogP contribution in [0.15, 0.2) is 0 Å². The Morgan fingerprint density at radius 1 is 1.50 bits per heavy atom. The molecule has 0 fully saturated rings. The van der Waals surface area contributed by atoms with E-state index in [1.807, 2.05) is 13.2 Å². The molecule has 0 aromatic carbocycles. The first-order valence-electron chi connectivity index (χ1n) is 5.00. The summed E-state index contributed by atoms with van der Waals surface area (Å²) in [6.07, 6.45) is 2.82. The van der Waals surface area contributed by atoms with Crippen LogP contribution < -0.4 is 5.73 Å². The molecule has 0 saturated heterocycles. The molecule has 2 N–H and O–H groups in total. The smallest absolute Gasteiger partial charge is 0.223 e. The predicted octanol–water partition coefficient (Wildman–Crippen LogP) is 1.06. The highest BCUT2D eigenvalue weighted by Crippen LogP contribution is 2.14. The number of hydrogen-bond acceptors (Lipinski definition) is 4. The van der Waals surface area contributed by atoms with Gasteiger partial charge in [0.25, 0.3) is 0 Å². The van der Waals surface area contributed by atoms with Crippen molar-refractivity contribution in [3.05, 3.63) is 0 Å². The number of thioether (sulfide) groups is 1. The molecule has 2 unspecified atom stereocenters. The highest BCUT2D eigenvalue weighted by atomic mass is 32.2. The minimum atomic E-state index is -3.41. The molecule has 0 aliphatic carbocycles. The molecule has 0 saturated carbocycles. The minimum absolute atomic E-state index is 0.0175. The molecule has 96 valence electrons. The van der Waals surface area contributed by atoms with Crippen molar-refractivity contribution in [3.8, 4) is 0 Å². The highest BCUT2D eigenvalue weighted by molar-refractivity contribution is 7.98. The molecule has 4 nitrogen and oxygen atoms in total. The Balaban J connectivity index is 4.69. The summed E-state index contributed by atoms with van der Waals surface area (Å²) in [4.78, 5) is 0.0175. The second-order valence-electron chi connectivity index (χ2n) is 3.74. The topological polar surface area (TPSA) is 63.4 Å². The Hall–Kier alpha value is 0.150. The van der Waals surface area contributed by atoms with E-state index in [1.54, 1.807) is 18.8 Å². The fraction of sp³-hybridized carbons (Fsp3) is 0.889. The molecule has 0 amide bonds. The molecular weight excluding hydrogens is 264 g/mol. The van der Waals surface area contributed by atoms with Crippen molar-refractivity contribution in [1.29, 1.82) is 0 Å². The second kappa shape index (κ2) is 6.78. The molecule has 7 heteroatoms. The van der Waals surface area contributed by atoms with E-state index in [1.165, 1.54) is 11.2 Å². The summed E-state index contributed by atoms with van der Waals surface area (Å²) in [6.45, 7) is 3.41. The third-order valence-electron chi connectivity index (χ3n) is 2.61. The molecule has 0 aromatic heterocycles. The zero-order valence-corrected chi connectivity index (χ0v) is 12.6. The summed E-state index contributed by atoms with van der Waals surface area (Å²) < 4.78 is 25.4. The first-order chi connectivity index (χ1) is 7.25. The summed E-state index contributed by atoms with van der Waals surface area (Å²) in [5.74, 6) is 0.933. The van der Waals surface area contributed by atoms with Crippen molar-refractivity contribution >= 4 is 39.0 Å².